The molecule has 1 saturated carbocycles. The van der Waals surface area contributed by atoms with Crippen molar-refractivity contribution in [1.29, 1.82) is 0 Å². The molecular weight excluding hydrogens is 258 g/mol. The maximum atomic E-state index is 12.0. The minimum atomic E-state index is -0.0191. The summed E-state index contributed by atoms with van der Waals surface area (Å²) in [6.07, 6.45) is 8.94. The van der Waals surface area contributed by atoms with Gasteiger partial charge in [-0.25, -0.2) is 0 Å². The van der Waals surface area contributed by atoms with E-state index in [9.17, 15) is 4.79 Å². The van der Waals surface area contributed by atoms with Crippen molar-refractivity contribution in [2.24, 2.45) is 0 Å². The molecule has 0 aliphatic heterocycles. The Morgan fingerprint density at radius 1 is 1.19 bits per heavy atom. The second-order valence-electron chi connectivity index (χ2n) is 6.77. The van der Waals surface area contributed by atoms with Crippen molar-refractivity contribution in [2.75, 3.05) is 0 Å². The Morgan fingerprint density at radius 2 is 1.90 bits per heavy atom. The summed E-state index contributed by atoms with van der Waals surface area (Å²) in [6, 6.07) is 8.89. The Balaban J connectivity index is 1.92. The van der Waals surface area contributed by atoms with E-state index in [2.05, 4.69) is 36.2 Å². The van der Waals surface area contributed by atoms with E-state index in [0.29, 0.717) is 11.0 Å². The van der Waals surface area contributed by atoms with E-state index in [1.807, 2.05) is 0 Å². The fraction of sp³-hybridized carbons (Fsp3) is 0.526. The molecule has 1 fully saturated rings. The highest BCUT2D eigenvalue weighted by Crippen LogP contribution is 2.49. The lowest BCUT2D eigenvalue weighted by Crippen LogP contribution is -2.39. The third-order valence-corrected chi connectivity index (χ3v) is 5.32. The summed E-state index contributed by atoms with van der Waals surface area (Å²) in [7, 11) is 0. The topological polar surface area (TPSA) is 29.1 Å². The van der Waals surface area contributed by atoms with E-state index in [4.69, 9.17) is 0 Å². The normalized spacial score (nSPS) is 23.4. The molecule has 1 aromatic carbocycles. The molecule has 0 bridgehead atoms. The quantitative estimate of drug-likeness (QED) is 0.800. The minimum absolute atomic E-state index is 0.0191. The van der Waals surface area contributed by atoms with E-state index in [1.165, 1.54) is 49.7 Å². The molecule has 0 radical (unpaired) electrons. The van der Waals surface area contributed by atoms with Gasteiger partial charge >= 0.3 is 0 Å². The molecule has 1 atom stereocenters. The predicted octanol–water partition coefficient (Wildman–Crippen LogP) is 4.42. The van der Waals surface area contributed by atoms with E-state index < -0.39 is 0 Å². The molecule has 1 aromatic rings. The Hall–Kier alpha value is -1.57. The molecule has 0 aromatic heterocycles. The summed E-state index contributed by atoms with van der Waals surface area (Å²) in [4.78, 5) is 12.0. The summed E-state index contributed by atoms with van der Waals surface area (Å²) in [5, 5.41) is 3.16. The Bertz CT molecular complexity index is 554. The maximum absolute atomic E-state index is 12.0. The monoisotopic (exact) mass is 283 g/mol. The number of hydrogen-bond donors (Lipinski definition) is 1. The molecular formula is C19H25NO. The van der Waals surface area contributed by atoms with Crippen LogP contribution >= 0.6 is 0 Å². The number of benzene rings is 1. The second-order valence-corrected chi connectivity index (χ2v) is 6.77. The third kappa shape index (κ3) is 2.64. The van der Waals surface area contributed by atoms with Crippen LogP contribution in [0, 0.1) is 0 Å². The standard InChI is InChI=1S/C19H25NO/c1-14(2)18(21)20-17-10-13-19(11-6-3-7-12-19)16-9-5-4-8-15(16)17/h4-5,8-9,17H,1,3,6-7,10-13H2,2H3,(H,20,21). The lowest BCUT2D eigenvalue weighted by molar-refractivity contribution is -0.118. The van der Waals surface area contributed by atoms with Crippen molar-refractivity contribution >= 4 is 5.91 Å². The van der Waals surface area contributed by atoms with Crippen molar-refractivity contribution < 1.29 is 4.79 Å². The third-order valence-electron chi connectivity index (χ3n) is 5.32. The maximum Gasteiger partial charge on any atom is 0.246 e. The molecule has 112 valence electrons. The summed E-state index contributed by atoms with van der Waals surface area (Å²) in [5.41, 5.74) is 3.79. The Morgan fingerprint density at radius 3 is 2.62 bits per heavy atom. The molecule has 1 N–H and O–H groups in total. The molecule has 2 aliphatic carbocycles. The number of fused-ring (bicyclic) bond motifs is 2. The number of carbonyl (C=O) groups excluding carboxylic acids is 1. The van der Waals surface area contributed by atoms with Gasteiger partial charge in [0.25, 0.3) is 0 Å². The molecule has 21 heavy (non-hydrogen) atoms. The fourth-order valence-corrected chi connectivity index (χ4v) is 4.17. The SMILES string of the molecule is C=C(C)C(=O)NC1CCC2(CCCCC2)c2ccccc21. The zero-order valence-corrected chi connectivity index (χ0v) is 13.0. The van der Waals surface area contributed by atoms with Crippen molar-refractivity contribution in [3.63, 3.8) is 0 Å². The first-order chi connectivity index (χ1) is 10.1. The van der Waals surface area contributed by atoms with Crippen LogP contribution in [0.15, 0.2) is 36.4 Å². The van der Waals surface area contributed by atoms with Gasteiger partial charge in [0.2, 0.25) is 5.91 Å². The van der Waals surface area contributed by atoms with Gasteiger partial charge in [0, 0.05) is 5.57 Å². The molecule has 3 rings (SSSR count). The van der Waals surface area contributed by atoms with Crippen LogP contribution in [0.25, 0.3) is 0 Å². The van der Waals surface area contributed by atoms with Gasteiger partial charge in [-0.2, -0.15) is 0 Å². The zero-order chi connectivity index (χ0) is 14.9. The lowest BCUT2D eigenvalue weighted by atomic mass is 9.61. The second kappa shape index (κ2) is 5.67. The molecule has 2 nitrogen and oxygen atoms in total. The van der Waals surface area contributed by atoms with Gasteiger partial charge in [-0.1, -0.05) is 50.1 Å². The van der Waals surface area contributed by atoms with Crippen molar-refractivity contribution in [3.05, 3.63) is 47.5 Å². The van der Waals surface area contributed by atoms with Crippen LogP contribution in [0.4, 0.5) is 0 Å². The van der Waals surface area contributed by atoms with Crippen LogP contribution < -0.4 is 5.32 Å². The molecule has 1 unspecified atom stereocenters. The van der Waals surface area contributed by atoms with E-state index in [1.54, 1.807) is 6.92 Å². The molecule has 1 spiro atoms. The van der Waals surface area contributed by atoms with E-state index in [0.717, 1.165) is 6.42 Å². The lowest BCUT2D eigenvalue weighted by Gasteiger charge is -2.44. The minimum Gasteiger partial charge on any atom is -0.346 e. The van der Waals surface area contributed by atoms with Crippen LogP contribution in [0.3, 0.4) is 0 Å². The average molecular weight is 283 g/mol. The van der Waals surface area contributed by atoms with Crippen LogP contribution in [0.2, 0.25) is 0 Å². The Kier molecular flexibility index (Phi) is 3.88. The summed E-state index contributed by atoms with van der Waals surface area (Å²) in [5.74, 6) is -0.0191. The van der Waals surface area contributed by atoms with Crippen LogP contribution in [-0.4, -0.2) is 5.91 Å². The first-order valence-electron chi connectivity index (χ1n) is 8.18. The number of amides is 1. The largest absolute Gasteiger partial charge is 0.346 e. The molecule has 0 heterocycles. The summed E-state index contributed by atoms with van der Waals surface area (Å²) in [6.45, 7) is 5.52. The van der Waals surface area contributed by atoms with E-state index in [-0.39, 0.29) is 11.9 Å². The van der Waals surface area contributed by atoms with Crippen molar-refractivity contribution in [1.82, 2.24) is 5.32 Å². The van der Waals surface area contributed by atoms with Gasteiger partial charge in [-0.15, -0.1) is 0 Å². The highest BCUT2D eigenvalue weighted by atomic mass is 16.1. The van der Waals surface area contributed by atoms with Crippen LogP contribution in [0.1, 0.15) is 69.0 Å². The highest BCUT2D eigenvalue weighted by Gasteiger charge is 2.40. The molecule has 1 amide bonds. The van der Waals surface area contributed by atoms with Gasteiger partial charge in [0.15, 0.2) is 0 Å². The summed E-state index contributed by atoms with van der Waals surface area (Å²) >= 11 is 0. The summed E-state index contributed by atoms with van der Waals surface area (Å²) < 4.78 is 0. The van der Waals surface area contributed by atoms with Gasteiger partial charge in [0.1, 0.15) is 0 Å². The Labute approximate surface area is 127 Å². The number of rotatable bonds is 2. The number of nitrogens with one attached hydrogen (secondary N) is 1. The van der Waals surface area contributed by atoms with Gasteiger partial charge in [-0.3, -0.25) is 4.79 Å². The average Bonchev–Trinajstić information content (AvgIpc) is 2.51. The van der Waals surface area contributed by atoms with Crippen LogP contribution in [0.5, 0.6) is 0 Å². The van der Waals surface area contributed by atoms with Gasteiger partial charge < -0.3 is 5.32 Å². The smallest absolute Gasteiger partial charge is 0.246 e. The first kappa shape index (κ1) is 14.4. The fourth-order valence-electron chi connectivity index (χ4n) is 4.17. The zero-order valence-electron chi connectivity index (χ0n) is 13.0. The highest BCUT2D eigenvalue weighted by molar-refractivity contribution is 5.92. The van der Waals surface area contributed by atoms with E-state index >= 15 is 0 Å². The number of carbonyl (C=O) groups is 1. The van der Waals surface area contributed by atoms with Crippen molar-refractivity contribution in [3.8, 4) is 0 Å². The van der Waals surface area contributed by atoms with Gasteiger partial charge in [0.05, 0.1) is 6.04 Å². The number of hydrogen-bond acceptors (Lipinski definition) is 1. The van der Waals surface area contributed by atoms with Gasteiger partial charge in [-0.05, 0) is 49.1 Å². The molecule has 2 aliphatic rings. The molecule has 2 heteroatoms. The van der Waals surface area contributed by atoms with Crippen LogP contribution in [-0.2, 0) is 10.2 Å². The first-order valence-corrected chi connectivity index (χ1v) is 8.18. The predicted molar refractivity (Wildman–Crippen MR) is 86.1 cm³/mol. The molecule has 0 saturated heterocycles. The van der Waals surface area contributed by atoms with Crippen molar-refractivity contribution in [2.45, 2.75) is 63.3 Å².